The quantitative estimate of drug-likeness (QED) is 0.317. The number of hydrogen-bond donors (Lipinski definition) is 4. The summed E-state index contributed by atoms with van der Waals surface area (Å²) < 4.78 is 0. The highest BCUT2D eigenvalue weighted by atomic mass is 16.5. The minimum atomic E-state index is -2.31. The number of aliphatic hydroxyl groups is 3. The van der Waals surface area contributed by atoms with E-state index >= 15 is 0 Å². The van der Waals surface area contributed by atoms with Gasteiger partial charge in [0.2, 0.25) is 5.79 Å². The highest BCUT2D eigenvalue weighted by molar-refractivity contribution is 5.66. The van der Waals surface area contributed by atoms with E-state index < -0.39 is 23.4 Å². The third-order valence-corrected chi connectivity index (χ3v) is 11.2. The molecule has 0 saturated heterocycles. The van der Waals surface area contributed by atoms with E-state index in [1.807, 2.05) is 0 Å². The van der Waals surface area contributed by atoms with E-state index in [0.717, 1.165) is 18.8 Å². The standard InChI is InChI=1S/C27H44O5/c1-16(8-13-24(29)30)20-11-12-21-19-10-9-18-7-5-6-14-25(18,3)22(19)15-23(26(20,21)4)27(31,32)17(2)28/h16,18-23,28,31-32H,2,5-15H2,1,3-4H3,(H,29,30)/t16-,18+,19+,20-,21+,22+,23+,25+,26-/m1/s1. The average molecular weight is 449 g/mol. The van der Waals surface area contributed by atoms with Crippen LogP contribution < -0.4 is 0 Å². The van der Waals surface area contributed by atoms with Crippen molar-refractivity contribution in [2.75, 3.05) is 0 Å². The summed E-state index contributed by atoms with van der Waals surface area (Å²) in [5, 5.41) is 42.0. The Labute approximate surface area is 193 Å². The molecule has 0 spiro atoms. The second-order valence-electron chi connectivity index (χ2n) is 12.3. The van der Waals surface area contributed by atoms with Crippen LogP contribution in [-0.2, 0) is 4.79 Å². The fraction of sp³-hybridized carbons (Fsp3) is 0.889. The van der Waals surface area contributed by atoms with Crippen molar-refractivity contribution in [1.82, 2.24) is 0 Å². The van der Waals surface area contributed by atoms with Crippen LogP contribution in [0.3, 0.4) is 0 Å². The van der Waals surface area contributed by atoms with Gasteiger partial charge >= 0.3 is 5.97 Å². The molecule has 5 nitrogen and oxygen atoms in total. The zero-order valence-electron chi connectivity index (χ0n) is 20.2. The third kappa shape index (κ3) is 3.53. The lowest BCUT2D eigenvalue weighted by atomic mass is 9.41. The summed E-state index contributed by atoms with van der Waals surface area (Å²) in [5.74, 6) is -1.61. The number of aliphatic hydroxyl groups excluding tert-OH is 1. The molecule has 5 heteroatoms. The molecule has 4 rings (SSSR count). The molecule has 182 valence electrons. The van der Waals surface area contributed by atoms with Crippen molar-refractivity contribution in [2.45, 2.75) is 97.2 Å². The smallest absolute Gasteiger partial charge is 0.303 e. The summed E-state index contributed by atoms with van der Waals surface area (Å²) in [6.07, 6.45) is 11.1. The zero-order valence-corrected chi connectivity index (χ0v) is 20.2. The molecule has 0 unspecified atom stereocenters. The normalized spacial score (nSPS) is 44.8. The Morgan fingerprint density at radius 3 is 2.44 bits per heavy atom. The molecule has 4 fully saturated rings. The highest BCUT2D eigenvalue weighted by Crippen LogP contribution is 2.71. The largest absolute Gasteiger partial charge is 0.507 e. The lowest BCUT2D eigenvalue weighted by Crippen LogP contribution is -2.61. The van der Waals surface area contributed by atoms with Crippen LogP contribution in [-0.4, -0.2) is 32.2 Å². The molecule has 0 aromatic heterocycles. The van der Waals surface area contributed by atoms with Gasteiger partial charge in [0.05, 0.1) is 0 Å². The van der Waals surface area contributed by atoms with Gasteiger partial charge < -0.3 is 20.4 Å². The zero-order chi connectivity index (χ0) is 23.5. The van der Waals surface area contributed by atoms with Crippen LogP contribution in [0.1, 0.15) is 91.4 Å². The van der Waals surface area contributed by atoms with Crippen LogP contribution in [0.25, 0.3) is 0 Å². The van der Waals surface area contributed by atoms with E-state index in [4.69, 9.17) is 0 Å². The molecule has 0 bridgehead atoms. The van der Waals surface area contributed by atoms with Crippen LogP contribution in [0.4, 0.5) is 0 Å². The maximum absolute atomic E-state index is 11.2. The SMILES string of the molecule is C=C(O)C(O)(O)[C@H]1C[C@H]2[C@@H](CC[C@@H]3CCCC[C@@]32C)[C@@H]2CC[C@H]([C@H](C)CCC(=O)O)[C@@]12C. The third-order valence-electron chi connectivity index (χ3n) is 11.2. The Balaban J connectivity index is 1.73. The number of aliphatic carboxylic acids is 1. The molecule has 0 aromatic carbocycles. The van der Waals surface area contributed by atoms with Gasteiger partial charge in [-0.3, -0.25) is 4.79 Å². The minimum Gasteiger partial charge on any atom is -0.507 e. The van der Waals surface area contributed by atoms with E-state index in [-0.39, 0.29) is 29.1 Å². The van der Waals surface area contributed by atoms with Gasteiger partial charge in [-0.05, 0) is 97.7 Å². The topological polar surface area (TPSA) is 98.0 Å². The van der Waals surface area contributed by atoms with Gasteiger partial charge in [0.1, 0.15) is 5.76 Å². The second-order valence-corrected chi connectivity index (χ2v) is 12.3. The van der Waals surface area contributed by atoms with Crippen LogP contribution in [0, 0.1) is 52.3 Å². The maximum Gasteiger partial charge on any atom is 0.303 e. The first kappa shape index (κ1) is 24.1. The lowest BCUT2D eigenvalue weighted by molar-refractivity contribution is -0.264. The van der Waals surface area contributed by atoms with E-state index in [1.54, 1.807) is 0 Å². The van der Waals surface area contributed by atoms with Crippen molar-refractivity contribution < 1.29 is 25.2 Å². The molecule has 9 atom stereocenters. The van der Waals surface area contributed by atoms with Crippen molar-refractivity contribution in [2.24, 2.45) is 52.3 Å². The molecule has 4 aliphatic rings. The molecule has 4 aliphatic carbocycles. The van der Waals surface area contributed by atoms with E-state index in [9.17, 15) is 25.2 Å². The van der Waals surface area contributed by atoms with Gasteiger partial charge in [0.25, 0.3) is 0 Å². The predicted molar refractivity (Wildman–Crippen MR) is 124 cm³/mol. The number of rotatable bonds is 6. The highest BCUT2D eigenvalue weighted by Gasteiger charge is 2.67. The minimum absolute atomic E-state index is 0.144. The molecular formula is C27H44O5. The maximum atomic E-state index is 11.2. The first-order chi connectivity index (χ1) is 14.9. The summed E-state index contributed by atoms with van der Waals surface area (Å²) in [7, 11) is 0. The van der Waals surface area contributed by atoms with E-state index in [1.165, 1.54) is 38.5 Å². The molecular weight excluding hydrogens is 404 g/mol. The Bertz CT molecular complexity index is 746. The molecule has 4 N–H and O–H groups in total. The number of fused-ring (bicyclic) bond motifs is 5. The summed E-state index contributed by atoms with van der Waals surface area (Å²) in [4.78, 5) is 11.2. The number of carboxylic acids is 1. The summed E-state index contributed by atoms with van der Waals surface area (Å²) in [6.45, 7) is 10.4. The van der Waals surface area contributed by atoms with Crippen LogP contribution in [0.15, 0.2) is 12.3 Å². The summed E-state index contributed by atoms with van der Waals surface area (Å²) in [5.41, 5.74) is -0.118. The Kier molecular flexibility index (Phi) is 6.24. The lowest BCUT2D eigenvalue weighted by Gasteiger charge is -2.64. The predicted octanol–water partition coefficient (Wildman–Crippen LogP) is 5.52. The van der Waals surface area contributed by atoms with Gasteiger partial charge in [-0.15, -0.1) is 0 Å². The molecule has 0 amide bonds. The van der Waals surface area contributed by atoms with Gasteiger partial charge in [-0.1, -0.05) is 40.2 Å². The average Bonchev–Trinajstić information content (AvgIpc) is 3.08. The fourth-order valence-electron chi connectivity index (χ4n) is 9.61. The van der Waals surface area contributed by atoms with Crippen molar-refractivity contribution in [3.05, 3.63) is 12.3 Å². The second kappa shape index (κ2) is 8.30. The van der Waals surface area contributed by atoms with Gasteiger partial charge in [0, 0.05) is 12.3 Å². The van der Waals surface area contributed by atoms with Gasteiger partial charge in [-0.2, -0.15) is 0 Å². The Morgan fingerprint density at radius 2 is 1.78 bits per heavy atom. The Hall–Kier alpha value is -1.07. The van der Waals surface area contributed by atoms with Gasteiger partial charge in [-0.25, -0.2) is 0 Å². The first-order valence-corrected chi connectivity index (χ1v) is 13.0. The number of carboxylic acid groups (broad SMARTS) is 1. The van der Waals surface area contributed by atoms with Crippen molar-refractivity contribution >= 4 is 5.97 Å². The van der Waals surface area contributed by atoms with Crippen molar-refractivity contribution in [3.63, 3.8) is 0 Å². The first-order valence-electron chi connectivity index (χ1n) is 13.0. The fourth-order valence-corrected chi connectivity index (χ4v) is 9.61. The molecule has 0 aromatic rings. The van der Waals surface area contributed by atoms with Gasteiger partial charge in [0.15, 0.2) is 0 Å². The van der Waals surface area contributed by atoms with E-state index in [0.29, 0.717) is 30.6 Å². The summed E-state index contributed by atoms with van der Waals surface area (Å²) in [6, 6.07) is 0. The number of hydrogen-bond acceptors (Lipinski definition) is 4. The van der Waals surface area contributed by atoms with Crippen molar-refractivity contribution in [1.29, 1.82) is 0 Å². The van der Waals surface area contributed by atoms with E-state index in [2.05, 4.69) is 27.4 Å². The molecule has 32 heavy (non-hydrogen) atoms. The molecule has 0 heterocycles. The Morgan fingerprint density at radius 1 is 1.06 bits per heavy atom. The summed E-state index contributed by atoms with van der Waals surface area (Å²) >= 11 is 0. The molecule has 0 aliphatic heterocycles. The van der Waals surface area contributed by atoms with Crippen molar-refractivity contribution in [3.8, 4) is 0 Å². The monoisotopic (exact) mass is 448 g/mol. The van der Waals surface area contributed by atoms with Crippen LogP contribution >= 0.6 is 0 Å². The molecule has 4 saturated carbocycles. The van der Waals surface area contributed by atoms with Crippen LogP contribution in [0.5, 0.6) is 0 Å². The number of carbonyl (C=O) groups is 1. The molecule has 0 radical (unpaired) electrons. The van der Waals surface area contributed by atoms with Crippen LogP contribution in [0.2, 0.25) is 0 Å².